The van der Waals surface area contributed by atoms with Crippen LogP contribution in [0.1, 0.15) is 28.7 Å². The third-order valence-electron chi connectivity index (χ3n) is 3.96. The fraction of sp³-hybridized carbons (Fsp3) is 0.316. The molecule has 2 rings (SSSR count). The van der Waals surface area contributed by atoms with Gasteiger partial charge in [-0.1, -0.05) is 11.6 Å². The molecule has 0 aliphatic rings. The first-order valence-corrected chi connectivity index (χ1v) is 8.93. The fourth-order valence-corrected chi connectivity index (χ4v) is 2.92. The largest absolute Gasteiger partial charge is 0.495 e. The Hall–Kier alpha value is -3.00. The number of nitrogens with zero attached hydrogens (tertiary/aromatic N) is 1. The minimum Gasteiger partial charge on any atom is -0.495 e. The molecule has 9 heteroatoms. The lowest BCUT2D eigenvalue weighted by Crippen LogP contribution is -2.41. The summed E-state index contributed by atoms with van der Waals surface area (Å²) in [5, 5.41) is 5.00. The zero-order valence-electron chi connectivity index (χ0n) is 16.1. The second kappa shape index (κ2) is 9.27. The Morgan fingerprint density at radius 2 is 1.89 bits per heavy atom. The smallest absolute Gasteiger partial charge is 0.340 e. The second-order valence-electron chi connectivity index (χ2n) is 5.92. The number of nitrogens with one attached hydrogen (secondary N) is 2. The number of carbonyl (C=O) groups is 3. The summed E-state index contributed by atoms with van der Waals surface area (Å²) in [6.07, 6.45) is 0. The zero-order valence-corrected chi connectivity index (χ0v) is 16.8. The molecule has 0 saturated heterocycles. The maximum Gasteiger partial charge on any atom is 0.340 e. The van der Waals surface area contributed by atoms with Gasteiger partial charge in [0.05, 0.1) is 18.4 Å². The van der Waals surface area contributed by atoms with E-state index in [-0.39, 0.29) is 0 Å². The normalized spacial score (nSPS) is 10.3. The monoisotopic (exact) mass is 407 g/mol. The molecule has 0 bridgehead atoms. The van der Waals surface area contributed by atoms with Crippen LogP contribution in [0.25, 0.3) is 5.69 Å². The predicted molar refractivity (Wildman–Crippen MR) is 104 cm³/mol. The summed E-state index contributed by atoms with van der Waals surface area (Å²) in [7, 11) is 1.55. The second-order valence-corrected chi connectivity index (χ2v) is 6.36. The van der Waals surface area contributed by atoms with E-state index in [1.807, 2.05) is 11.5 Å². The highest BCUT2D eigenvalue weighted by atomic mass is 35.5. The third-order valence-corrected chi connectivity index (χ3v) is 4.19. The maximum absolute atomic E-state index is 12.4. The number of hydrogen-bond donors (Lipinski definition) is 2. The Morgan fingerprint density at radius 3 is 2.54 bits per heavy atom. The number of esters is 1. The van der Waals surface area contributed by atoms with Crippen molar-refractivity contribution in [3.8, 4) is 11.4 Å². The van der Waals surface area contributed by atoms with Crippen molar-refractivity contribution in [1.29, 1.82) is 0 Å². The minimum atomic E-state index is -0.718. The van der Waals surface area contributed by atoms with Gasteiger partial charge in [0, 0.05) is 23.0 Å². The molecule has 0 unspecified atom stereocenters. The Kier molecular flexibility index (Phi) is 7.06. The van der Waals surface area contributed by atoms with Gasteiger partial charge in [-0.3, -0.25) is 10.1 Å². The molecule has 2 N–H and O–H groups in total. The third kappa shape index (κ3) is 4.83. The van der Waals surface area contributed by atoms with Gasteiger partial charge < -0.3 is 19.4 Å². The number of halogens is 1. The molecule has 28 heavy (non-hydrogen) atoms. The summed E-state index contributed by atoms with van der Waals surface area (Å²) < 4.78 is 12.2. The van der Waals surface area contributed by atoms with Crippen LogP contribution in [-0.4, -0.2) is 42.7 Å². The SMILES string of the molecule is CCNC(=O)NC(=O)COC(=O)c1cc(C)n(-c2cc(Cl)ccc2OC)c1C. The van der Waals surface area contributed by atoms with Crippen molar-refractivity contribution in [1.82, 2.24) is 15.2 Å². The molecule has 1 heterocycles. The molecule has 150 valence electrons. The number of carbonyl (C=O) groups excluding carboxylic acids is 3. The molecule has 1 aromatic carbocycles. The van der Waals surface area contributed by atoms with Crippen molar-refractivity contribution >= 4 is 29.5 Å². The summed E-state index contributed by atoms with van der Waals surface area (Å²) in [5.41, 5.74) is 2.34. The lowest BCUT2D eigenvalue weighted by Gasteiger charge is -2.14. The maximum atomic E-state index is 12.4. The van der Waals surface area contributed by atoms with Crippen LogP contribution in [-0.2, 0) is 9.53 Å². The van der Waals surface area contributed by atoms with Crippen LogP contribution < -0.4 is 15.4 Å². The molecule has 2 aromatic rings. The molecule has 0 radical (unpaired) electrons. The topological polar surface area (TPSA) is 98.7 Å². The number of aromatic nitrogens is 1. The van der Waals surface area contributed by atoms with Crippen LogP contribution in [0.4, 0.5) is 4.79 Å². The van der Waals surface area contributed by atoms with E-state index >= 15 is 0 Å². The predicted octanol–water partition coefficient (Wildman–Crippen LogP) is 2.76. The number of aryl methyl sites for hydroxylation is 1. The quantitative estimate of drug-likeness (QED) is 0.717. The standard InChI is InChI=1S/C19H22ClN3O5/c1-5-21-19(26)22-17(24)10-28-18(25)14-8-11(2)23(12(14)3)15-9-13(20)6-7-16(15)27-4/h6-9H,5,10H2,1-4H3,(H2,21,22,24,26). The lowest BCUT2D eigenvalue weighted by atomic mass is 10.2. The first-order chi connectivity index (χ1) is 13.3. The first kappa shape index (κ1) is 21.3. The van der Waals surface area contributed by atoms with Crippen molar-refractivity contribution in [2.24, 2.45) is 0 Å². The molecule has 0 saturated carbocycles. The summed E-state index contributed by atoms with van der Waals surface area (Å²) in [6.45, 7) is 5.09. The Bertz CT molecular complexity index is 907. The summed E-state index contributed by atoms with van der Waals surface area (Å²) >= 11 is 6.11. The van der Waals surface area contributed by atoms with E-state index in [9.17, 15) is 14.4 Å². The number of hydrogen-bond acceptors (Lipinski definition) is 5. The van der Waals surface area contributed by atoms with Crippen LogP contribution in [0.5, 0.6) is 5.75 Å². The zero-order chi connectivity index (χ0) is 20.8. The van der Waals surface area contributed by atoms with Crippen LogP contribution in [0.15, 0.2) is 24.3 Å². The van der Waals surface area contributed by atoms with Crippen LogP contribution in [0, 0.1) is 13.8 Å². The van der Waals surface area contributed by atoms with E-state index in [1.165, 1.54) is 0 Å². The van der Waals surface area contributed by atoms with Crippen LogP contribution in [0.3, 0.4) is 0 Å². The molecule has 0 spiro atoms. The van der Waals surface area contributed by atoms with Gasteiger partial charge >= 0.3 is 12.0 Å². The van der Waals surface area contributed by atoms with Crippen molar-refractivity contribution in [2.45, 2.75) is 20.8 Å². The number of benzene rings is 1. The van der Waals surface area contributed by atoms with E-state index in [2.05, 4.69) is 10.6 Å². The van der Waals surface area contributed by atoms with Crippen LogP contribution in [0.2, 0.25) is 5.02 Å². The van der Waals surface area contributed by atoms with Gasteiger partial charge in [0.1, 0.15) is 5.75 Å². The Balaban J connectivity index is 2.19. The van der Waals surface area contributed by atoms with Crippen molar-refractivity contribution < 1.29 is 23.9 Å². The van der Waals surface area contributed by atoms with Crippen molar-refractivity contribution in [2.75, 3.05) is 20.3 Å². The van der Waals surface area contributed by atoms with Gasteiger partial charge in [-0.25, -0.2) is 9.59 Å². The molecular weight excluding hydrogens is 386 g/mol. The number of imide groups is 1. The van der Waals surface area contributed by atoms with Gasteiger partial charge in [0.15, 0.2) is 6.61 Å². The average molecular weight is 408 g/mol. The van der Waals surface area contributed by atoms with Crippen LogP contribution >= 0.6 is 11.6 Å². The van der Waals surface area contributed by atoms with Gasteiger partial charge in [-0.15, -0.1) is 0 Å². The van der Waals surface area contributed by atoms with Gasteiger partial charge in [0.2, 0.25) is 0 Å². The summed E-state index contributed by atoms with van der Waals surface area (Å²) in [5.74, 6) is -0.802. The molecule has 0 fully saturated rings. The fourth-order valence-electron chi connectivity index (χ4n) is 2.75. The van der Waals surface area contributed by atoms with Gasteiger partial charge in [-0.2, -0.15) is 0 Å². The molecular formula is C19H22ClN3O5. The number of methoxy groups -OCH3 is 1. The Labute approximate surface area is 167 Å². The van der Waals surface area contributed by atoms with E-state index in [4.69, 9.17) is 21.1 Å². The highest BCUT2D eigenvalue weighted by Gasteiger charge is 2.21. The highest BCUT2D eigenvalue weighted by Crippen LogP contribution is 2.30. The molecule has 8 nitrogen and oxygen atoms in total. The molecule has 1 aromatic heterocycles. The number of ether oxygens (including phenoxy) is 2. The van der Waals surface area contributed by atoms with Crippen molar-refractivity contribution in [3.63, 3.8) is 0 Å². The number of rotatable bonds is 6. The molecule has 3 amide bonds. The molecule has 0 aliphatic carbocycles. The molecule has 0 aliphatic heterocycles. The minimum absolute atomic E-state index is 0.297. The van der Waals surface area contributed by atoms with E-state index in [0.29, 0.717) is 34.3 Å². The van der Waals surface area contributed by atoms with E-state index in [1.54, 1.807) is 45.2 Å². The first-order valence-electron chi connectivity index (χ1n) is 8.56. The summed E-state index contributed by atoms with van der Waals surface area (Å²) in [4.78, 5) is 35.4. The van der Waals surface area contributed by atoms with E-state index in [0.717, 1.165) is 5.69 Å². The highest BCUT2D eigenvalue weighted by molar-refractivity contribution is 6.30. The number of amides is 3. The van der Waals surface area contributed by atoms with Gasteiger partial charge in [-0.05, 0) is 45.0 Å². The van der Waals surface area contributed by atoms with Gasteiger partial charge in [0.25, 0.3) is 5.91 Å². The van der Waals surface area contributed by atoms with Crippen molar-refractivity contribution in [3.05, 3.63) is 46.2 Å². The lowest BCUT2D eigenvalue weighted by molar-refractivity contribution is -0.123. The average Bonchev–Trinajstić information content (AvgIpc) is 2.94. The number of urea groups is 1. The summed E-state index contributed by atoms with van der Waals surface area (Å²) in [6, 6.07) is 6.19. The molecule has 0 atom stereocenters. The Morgan fingerprint density at radius 1 is 1.18 bits per heavy atom. The van der Waals surface area contributed by atoms with E-state index < -0.39 is 24.5 Å².